The molecule has 0 unspecified atom stereocenters. The zero-order valence-electron chi connectivity index (χ0n) is 22.5. The molecule has 3 aliphatic rings. The van der Waals surface area contributed by atoms with Crippen LogP contribution in [0.25, 0.3) is 27.8 Å². The molecule has 1 saturated heterocycles. The van der Waals surface area contributed by atoms with Gasteiger partial charge in [-0.2, -0.15) is 0 Å². The van der Waals surface area contributed by atoms with Crippen molar-refractivity contribution in [3.8, 4) is 11.1 Å². The van der Waals surface area contributed by atoms with E-state index >= 15 is 0 Å². The van der Waals surface area contributed by atoms with Gasteiger partial charge in [0.15, 0.2) is 5.65 Å². The van der Waals surface area contributed by atoms with Crippen LogP contribution < -0.4 is 5.32 Å². The number of halogens is 2. The Labute approximate surface area is 226 Å². The lowest BCUT2D eigenvalue weighted by atomic mass is 9.87. The Bertz CT molecular complexity index is 1490. The molecule has 4 aromatic heterocycles. The van der Waals surface area contributed by atoms with E-state index in [4.69, 9.17) is 5.10 Å². The minimum atomic E-state index is -2.59. The molecular formula is C28H35F2N9. The summed E-state index contributed by atoms with van der Waals surface area (Å²) in [6, 6.07) is 4.83. The van der Waals surface area contributed by atoms with Gasteiger partial charge >= 0.3 is 0 Å². The summed E-state index contributed by atoms with van der Waals surface area (Å²) in [5.74, 6) is -1.24. The van der Waals surface area contributed by atoms with Crippen LogP contribution in [0.2, 0.25) is 0 Å². The highest BCUT2D eigenvalue weighted by Gasteiger charge is 2.47. The SMILES string of the molecule is Cc1nc2ncc(-c3ccn4nc(N[C@H]5CC[C@@H](N6CCN(C)CC6)CC5)ncc34)cc2n1C1CC(F)(F)C1. The molecule has 3 fully saturated rings. The molecule has 9 nitrogen and oxygen atoms in total. The van der Waals surface area contributed by atoms with E-state index in [1.807, 2.05) is 40.5 Å². The highest BCUT2D eigenvalue weighted by molar-refractivity contribution is 5.85. The van der Waals surface area contributed by atoms with Crippen molar-refractivity contribution in [2.75, 3.05) is 38.5 Å². The summed E-state index contributed by atoms with van der Waals surface area (Å²) in [5, 5.41) is 8.30. The molecule has 1 N–H and O–H groups in total. The molecule has 39 heavy (non-hydrogen) atoms. The first-order valence-corrected chi connectivity index (χ1v) is 14.1. The summed E-state index contributed by atoms with van der Waals surface area (Å²) < 4.78 is 31.0. The van der Waals surface area contributed by atoms with E-state index in [9.17, 15) is 8.78 Å². The molecular weight excluding hydrogens is 500 g/mol. The highest BCUT2D eigenvalue weighted by Crippen LogP contribution is 2.47. The second-order valence-electron chi connectivity index (χ2n) is 11.6. The van der Waals surface area contributed by atoms with Gasteiger partial charge in [0.25, 0.3) is 5.92 Å². The molecule has 206 valence electrons. The van der Waals surface area contributed by atoms with E-state index in [0.29, 0.717) is 29.5 Å². The summed E-state index contributed by atoms with van der Waals surface area (Å²) in [5.41, 5.74) is 4.09. The topological polar surface area (TPSA) is 79.4 Å². The lowest BCUT2D eigenvalue weighted by Gasteiger charge is -2.41. The highest BCUT2D eigenvalue weighted by atomic mass is 19.3. The first-order valence-electron chi connectivity index (χ1n) is 14.1. The van der Waals surface area contributed by atoms with E-state index in [-0.39, 0.29) is 18.9 Å². The number of nitrogens with zero attached hydrogens (tertiary/aromatic N) is 8. The van der Waals surface area contributed by atoms with Gasteiger partial charge in [-0.15, -0.1) is 5.10 Å². The number of hydrogen-bond donors (Lipinski definition) is 1. The maximum absolute atomic E-state index is 13.6. The van der Waals surface area contributed by atoms with Crippen molar-refractivity contribution in [1.82, 2.24) is 38.9 Å². The molecule has 5 heterocycles. The van der Waals surface area contributed by atoms with Crippen LogP contribution in [-0.4, -0.2) is 90.2 Å². The van der Waals surface area contributed by atoms with Crippen LogP contribution in [-0.2, 0) is 0 Å². The molecule has 1 aliphatic heterocycles. The number of pyridine rings is 1. The van der Waals surface area contributed by atoms with Gasteiger partial charge in [0.2, 0.25) is 5.95 Å². The van der Waals surface area contributed by atoms with Gasteiger partial charge in [0, 0.05) is 80.7 Å². The predicted octanol–water partition coefficient (Wildman–Crippen LogP) is 4.39. The molecule has 4 aromatic rings. The first kappa shape index (κ1) is 24.8. The Morgan fingerprint density at radius 2 is 1.72 bits per heavy atom. The average Bonchev–Trinajstić information content (AvgIpc) is 3.47. The van der Waals surface area contributed by atoms with E-state index in [2.05, 4.69) is 37.1 Å². The molecule has 0 atom stereocenters. The minimum Gasteiger partial charge on any atom is -0.350 e. The third-order valence-electron chi connectivity index (χ3n) is 8.97. The number of hydrogen-bond acceptors (Lipinski definition) is 7. The monoisotopic (exact) mass is 535 g/mol. The van der Waals surface area contributed by atoms with Crippen LogP contribution in [0.1, 0.15) is 50.4 Å². The largest absolute Gasteiger partial charge is 0.350 e. The Hall–Kier alpha value is -3.18. The molecule has 0 aromatic carbocycles. The van der Waals surface area contributed by atoms with Crippen LogP contribution in [0.5, 0.6) is 0 Å². The number of aryl methyl sites for hydroxylation is 1. The van der Waals surface area contributed by atoms with Gasteiger partial charge in [0.05, 0.1) is 17.2 Å². The third kappa shape index (κ3) is 4.65. The number of nitrogens with one attached hydrogen (secondary N) is 1. The van der Waals surface area contributed by atoms with Crippen LogP contribution >= 0.6 is 0 Å². The predicted molar refractivity (Wildman–Crippen MR) is 146 cm³/mol. The van der Waals surface area contributed by atoms with E-state index in [1.165, 1.54) is 25.9 Å². The van der Waals surface area contributed by atoms with Crippen molar-refractivity contribution in [1.29, 1.82) is 0 Å². The summed E-state index contributed by atoms with van der Waals surface area (Å²) >= 11 is 0. The van der Waals surface area contributed by atoms with Crippen molar-refractivity contribution in [2.45, 2.75) is 69.5 Å². The van der Waals surface area contributed by atoms with Crippen molar-refractivity contribution in [3.05, 3.63) is 36.5 Å². The molecule has 0 amide bonds. The summed E-state index contributed by atoms with van der Waals surface area (Å²) in [4.78, 5) is 18.8. The number of aromatic nitrogens is 6. The molecule has 11 heteroatoms. The Balaban J connectivity index is 1.06. The Morgan fingerprint density at radius 1 is 0.949 bits per heavy atom. The van der Waals surface area contributed by atoms with Gasteiger partial charge in [-0.1, -0.05) is 0 Å². The van der Waals surface area contributed by atoms with Crippen molar-refractivity contribution in [3.63, 3.8) is 0 Å². The normalized spacial score (nSPS) is 24.8. The maximum Gasteiger partial charge on any atom is 0.252 e. The van der Waals surface area contributed by atoms with Gasteiger partial charge in [-0.25, -0.2) is 28.2 Å². The van der Waals surface area contributed by atoms with Crippen LogP contribution in [0.15, 0.2) is 30.7 Å². The molecule has 0 bridgehead atoms. The zero-order valence-corrected chi connectivity index (χ0v) is 22.5. The smallest absolute Gasteiger partial charge is 0.252 e. The van der Waals surface area contributed by atoms with E-state index in [0.717, 1.165) is 48.1 Å². The fraction of sp³-hybridized carbons (Fsp3) is 0.571. The standard InChI is InChI=1S/C28H35F2N9/c1-18-33-26-24(39(18)22-14-28(29,30)15-22)13-19(16-31-26)23-7-8-38-25(23)17-32-27(35-38)34-20-3-5-21(6-4-20)37-11-9-36(2)10-12-37/h7-8,13,16-17,20-22H,3-6,9-12,14-15H2,1-2H3,(H,34,35)/t20-,21+. The third-order valence-corrected chi connectivity index (χ3v) is 8.97. The lowest BCUT2D eigenvalue weighted by Crippen LogP contribution is -2.50. The summed E-state index contributed by atoms with van der Waals surface area (Å²) in [6.45, 7) is 6.54. The van der Waals surface area contributed by atoms with Crippen LogP contribution in [0, 0.1) is 6.92 Å². The van der Waals surface area contributed by atoms with Gasteiger partial charge in [0.1, 0.15) is 5.82 Å². The summed E-state index contributed by atoms with van der Waals surface area (Å²) in [7, 11) is 2.20. The quantitative estimate of drug-likeness (QED) is 0.406. The van der Waals surface area contributed by atoms with Crippen LogP contribution in [0.4, 0.5) is 14.7 Å². The first-order chi connectivity index (χ1) is 18.8. The van der Waals surface area contributed by atoms with Crippen molar-refractivity contribution < 1.29 is 8.78 Å². The fourth-order valence-electron chi connectivity index (χ4n) is 6.68. The second-order valence-corrected chi connectivity index (χ2v) is 11.6. The van der Waals surface area contributed by atoms with E-state index in [1.54, 1.807) is 6.20 Å². The molecule has 2 saturated carbocycles. The van der Waals surface area contributed by atoms with Gasteiger partial charge < -0.3 is 14.8 Å². The minimum absolute atomic E-state index is 0.153. The Morgan fingerprint density at radius 3 is 2.46 bits per heavy atom. The molecule has 0 radical (unpaired) electrons. The lowest BCUT2D eigenvalue weighted by molar-refractivity contribution is -0.103. The number of piperazine rings is 1. The molecule has 2 aliphatic carbocycles. The fourth-order valence-corrected chi connectivity index (χ4v) is 6.68. The number of imidazole rings is 1. The zero-order chi connectivity index (χ0) is 26.7. The maximum atomic E-state index is 13.6. The summed E-state index contributed by atoms with van der Waals surface area (Å²) in [6.07, 6.45) is 9.93. The molecule has 0 spiro atoms. The van der Waals surface area contributed by atoms with Crippen molar-refractivity contribution in [2.24, 2.45) is 0 Å². The van der Waals surface area contributed by atoms with Gasteiger partial charge in [-0.05, 0) is 51.8 Å². The number of likely N-dealkylation sites (N-methyl/N-ethyl adjacent to an activating group) is 1. The van der Waals surface area contributed by atoms with Crippen LogP contribution in [0.3, 0.4) is 0 Å². The number of anilines is 1. The Kier molecular flexibility index (Phi) is 6.04. The second kappa shape index (κ2) is 9.48. The van der Waals surface area contributed by atoms with E-state index < -0.39 is 5.92 Å². The molecule has 7 rings (SSSR count). The number of alkyl halides is 2. The average molecular weight is 536 g/mol. The van der Waals surface area contributed by atoms with Crippen molar-refractivity contribution >= 4 is 22.6 Å². The van der Waals surface area contributed by atoms with Gasteiger partial charge in [-0.3, -0.25) is 4.90 Å². The number of fused-ring (bicyclic) bond motifs is 2. The number of rotatable bonds is 5.